The Labute approximate surface area is 233 Å². The van der Waals surface area contributed by atoms with Gasteiger partial charge in [0, 0.05) is 17.5 Å². The second-order valence-corrected chi connectivity index (χ2v) is 9.81. The van der Waals surface area contributed by atoms with Gasteiger partial charge in [0.25, 0.3) is 0 Å². The van der Waals surface area contributed by atoms with Gasteiger partial charge in [0.05, 0.1) is 12.2 Å². The molecule has 0 bridgehead atoms. The van der Waals surface area contributed by atoms with E-state index in [2.05, 4.69) is 11.7 Å². The first-order valence-corrected chi connectivity index (χ1v) is 13.4. The van der Waals surface area contributed by atoms with Crippen molar-refractivity contribution in [2.75, 3.05) is 13.2 Å². The molecule has 0 heterocycles. The molecule has 218 valence electrons. The molecule has 0 atom stereocenters. The smallest absolute Gasteiger partial charge is 0.422 e. The third-order valence-corrected chi connectivity index (χ3v) is 6.68. The fourth-order valence-corrected chi connectivity index (χ4v) is 4.57. The summed E-state index contributed by atoms with van der Waals surface area (Å²) in [6.45, 7) is 0.848. The lowest BCUT2D eigenvalue weighted by Gasteiger charge is -2.12. The molecule has 41 heavy (non-hydrogen) atoms. The minimum Gasteiger partial charge on any atom is -0.493 e. The molecule has 0 fully saturated rings. The Morgan fingerprint density at radius 2 is 1.46 bits per heavy atom. The zero-order valence-electron chi connectivity index (χ0n) is 22.4. The standard InChI is InChI=1S/C32H29F7O2/c1-2-3-4-5-14-40-24-17-27(34)30(28(35)18-24)23-11-12-25-22(16-23)10-9-21(31(25)36)8-6-20-7-13-29(26(33)15-20)41-19-32(37,38)39/h7,9-13,15-18H,2-6,8,14,19H2,1H3. The molecular formula is C32H29F7O2. The first-order chi connectivity index (χ1) is 19.6. The molecule has 0 amide bonds. The van der Waals surface area contributed by atoms with E-state index in [0.717, 1.165) is 49.9 Å². The van der Waals surface area contributed by atoms with E-state index in [0.29, 0.717) is 23.1 Å². The molecule has 0 unspecified atom stereocenters. The van der Waals surface area contributed by atoms with Crippen LogP contribution in [0.3, 0.4) is 0 Å². The maximum absolute atomic E-state index is 15.3. The molecule has 0 saturated heterocycles. The SMILES string of the molecule is CCCCCCOc1cc(F)c(-c2ccc3c(F)c(CCc4ccc(OCC(F)(F)F)c(F)c4)ccc3c2)c(F)c1. The molecule has 0 aliphatic carbocycles. The van der Waals surface area contributed by atoms with Crippen molar-refractivity contribution in [1.29, 1.82) is 0 Å². The van der Waals surface area contributed by atoms with Crippen LogP contribution in [0, 0.1) is 23.3 Å². The van der Waals surface area contributed by atoms with Gasteiger partial charge in [0.2, 0.25) is 0 Å². The number of fused-ring (bicyclic) bond motifs is 1. The van der Waals surface area contributed by atoms with Gasteiger partial charge < -0.3 is 9.47 Å². The van der Waals surface area contributed by atoms with Gasteiger partial charge in [-0.05, 0) is 59.5 Å². The van der Waals surface area contributed by atoms with Crippen molar-refractivity contribution >= 4 is 10.8 Å². The summed E-state index contributed by atoms with van der Waals surface area (Å²) < 4.78 is 106. The summed E-state index contributed by atoms with van der Waals surface area (Å²) in [4.78, 5) is 0. The van der Waals surface area contributed by atoms with Crippen molar-refractivity contribution in [3.8, 4) is 22.6 Å². The fraction of sp³-hybridized carbons (Fsp3) is 0.312. The molecule has 9 heteroatoms. The summed E-state index contributed by atoms with van der Waals surface area (Å²) in [5.74, 6) is -3.44. The predicted octanol–water partition coefficient (Wildman–Crippen LogP) is 9.75. The van der Waals surface area contributed by atoms with Crippen molar-refractivity contribution in [2.45, 2.75) is 51.6 Å². The minimum absolute atomic E-state index is 0.111. The molecule has 4 aromatic rings. The lowest BCUT2D eigenvalue weighted by molar-refractivity contribution is -0.153. The van der Waals surface area contributed by atoms with Crippen LogP contribution < -0.4 is 9.47 Å². The number of unbranched alkanes of at least 4 members (excludes halogenated alkanes) is 3. The van der Waals surface area contributed by atoms with Crippen LogP contribution in [0.2, 0.25) is 0 Å². The molecule has 0 aromatic heterocycles. The molecular weight excluding hydrogens is 549 g/mol. The molecule has 2 nitrogen and oxygen atoms in total. The van der Waals surface area contributed by atoms with Crippen LogP contribution in [0.25, 0.3) is 21.9 Å². The lowest BCUT2D eigenvalue weighted by atomic mass is 9.96. The van der Waals surface area contributed by atoms with Crippen LogP contribution in [0.15, 0.2) is 60.7 Å². The maximum Gasteiger partial charge on any atom is 0.422 e. The largest absolute Gasteiger partial charge is 0.493 e. The third-order valence-electron chi connectivity index (χ3n) is 6.68. The van der Waals surface area contributed by atoms with Gasteiger partial charge in [0.1, 0.15) is 23.2 Å². The van der Waals surface area contributed by atoms with Gasteiger partial charge in [0.15, 0.2) is 18.2 Å². The number of ether oxygens (including phenoxy) is 2. The predicted molar refractivity (Wildman–Crippen MR) is 144 cm³/mol. The van der Waals surface area contributed by atoms with E-state index in [1.807, 2.05) is 0 Å². The summed E-state index contributed by atoms with van der Waals surface area (Å²) in [7, 11) is 0. The Kier molecular flexibility index (Phi) is 9.78. The van der Waals surface area contributed by atoms with E-state index in [-0.39, 0.29) is 35.1 Å². The van der Waals surface area contributed by atoms with E-state index < -0.39 is 41.8 Å². The van der Waals surface area contributed by atoms with Crippen LogP contribution in [0.5, 0.6) is 11.5 Å². The van der Waals surface area contributed by atoms with Crippen molar-refractivity contribution in [3.63, 3.8) is 0 Å². The monoisotopic (exact) mass is 578 g/mol. The zero-order chi connectivity index (χ0) is 29.6. The van der Waals surface area contributed by atoms with Crippen LogP contribution in [-0.4, -0.2) is 19.4 Å². The van der Waals surface area contributed by atoms with E-state index in [1.165, 1.54) is 24.3 Å². The van der Waals surface area contributed by atoms with E-state index >= 15 is 4.39 Å². The average molecular weight is 579 g/mol. The maximum atomic E-state index is 15.3. The van der Waals surface area contributed by atoms with E-state index in [9.17, 15) is 26.3 Å². The first kappa shape index (κ1) is 30.2. The molecule has 0 saturated carbocycles. The third kappa shape index (κ3) is 7.93. The number of halogens is 7. The van der Waals surface area contributed by atoms with Crippen LogP contribution in [-0.2, 0) is 12.8 Å². The second-order valence-electron chi connectivity index (χ2n) is 9.81. The highest BCUT2D eigenvalue weighted by Crippen LogP contribution is 2.33. The Bertz CT molecular complexity index is 1470. The Morgan fingerprint density at radius 3 is 2.15 bits per heavy atom. The molecule has 4 rings (SSSR count). The van der Waals surface area contributed by atoms with Gasteiger partial charge >= 0.3 is 6.18 Å². The molecule has 0 spiro atoms. The van der Waals surface area contributed by atoms with E-state index in [1.54, 1.807) is 12.1 Å². The topological polar surface area (TPSA) is 18.5 Å². The fourth-order valence-electron chi connectivity index (χ4n) is 4.57. The molecule has 0 N–H and O–H groups in total. The van der Waals surface area contributed by atoms with Crippen molar-refractivity contribution in [1.82, 2.24) is 0 Å². The summed E-state index contributed by atoms with van der Waals surface area (Å²) in [6.07, 6.45) is -0.273. The number of hydrogen-bond acceptors (Lipinski definition) is 2. The highest BCUT2D eigenvalue weighted by Gasteiger charge is 2.29. The molecule has 0 aliphatic rings. The van der Waals surface area contributed by atoms with Gasteiger partial charge in [-0.15, -0.1) is 0 Å². The Morgan fingerprint density at radius 1 is 0.707 bits per heavy atom. The van der Waals surface area contributed by atoms with Gasteiger partial charge in [-0.2, -0.15) is 13.2 Å². The Balaban J connectivity index is 1.46. The van der Waals surface area contributed by atoms with Gasteiger partial charge in [-0.3, -0.25) is 0 Å². The minimum atomic E-state index is -4.59. The number of benzene rings is 4. The average Bonchev–Trinajstić information content (AvgIpc) is 2.91. The number of hydrogen-bond donors (Lipinski definition) is 0. The first-order valence-electron chi connectivity index (χ1n) is 13.4. The van der Waals surface area contributed by atoms with Crippen molar-refractivity contribution in [3.05, 3.63) is 95.1 Å². The molecule has 0 aliphatic heterocycles. The Hall–Kier alpha value is -3.75. The quantitative estimate of drug-likeness (QED) is 0.123. The second kappa shape index (κ2) is 13.3. The number of alkyl halides is 3. The highest BCUT2D eigenvalue weighted by molar-refractivity contribution is 5.88. The highest BCUT2D eigenvalue weighted by atomic mass is 19.4. The zero-order valence-corrected chi connectivity index (χ0v) is 22.4. The molecule has 4 aromatic carbocycles. The normalized spacial score (nSPS) is 11.7. The number of rotatable bonds is 12. The van der Waals surface area contributed by atoms with Crippen molar-refractivity contribution < 1.29 is 40.2 Å². The number of aryl methyl sites for hydroxylation is 2. The van der Waals surface area contributed by atoms with Crippen molar-refractivity contribution in [2.24, 2.45) is 0 Å². The summed E-state index contributed by atoms with van der Waals surface area (Å²) >= 11 is 0. The van der Waals surface area contributed by atoms with Crippen LogP contribution in [0.4, 0.5) is 30.7 Å². The molecule has 0 radical (unpaired) electrons. The van der Waals surface area contributed by atoms with Crippen LogP contribution in [0.1, 0.15) is 43.7 Å². The summed E-state index contributed by atoms with van der Waals surface area (Å²) in [5, 5.41) is 0.692. The van der Waals surface area contributed by atoms with E-state index in [4.69, 9.17) is 4.74 Å². The summed E-state index contributed by atoms with van der Waals surface area (Å²) in [6, 6.07) is 13.5. The van der Waals surface area contributed by atoms with Gasteiger partial charge in [-0.1, -0.05) is 56.5 Å². The van der Waals surface area contributed by atoms with Crippen LogP contribution >= 0.6 is 0 Å². The van der Waals surface area contributed by atoms with Gasteiger partial charge in [-0.25, -0.2) is 17.6 Å². The summed E-state index contributed by atoms with van der Waals surface area (Å²) in [5.41, 5.74) is 0.800. The lowest BCUT2D eigenvalue weighted by Crippen LogP contribution is -2.19.